The van der Waals surface area contributed by atoms with Crippen LogP contribution in [0.15, 0.2) is 91.0 Å². The fraction of sp³-hybridized carbons (Fsp3) is 0.410. The maximum Gasteiger partial charge on any atom is 0.285 e. The first-order valence-corrected chi connectivity index (χ1v) is 17.2. The van der Waals surface area contributed by atoms with Gasteiger partial charge >= 0.3 is 0 Å². The van der Waals surface area contributed by atoms with Crippen molar-refractivity contribution in [1.82, 2.24) is 4.90 Å². The quantitative estimate of drug-likeness (QED) is 0.196. The molecular weight excluding hydrogens is 624 g/mol. The van der Waals surface area contributed by atoms with Crippen LogP contribution in [0.5, 0.6) is 5.75 Å². The maximum atomic E-state index is 15.3. The molecule has 4 aromatic rings. The predicted octanol–water partition coefficient (Wildman–Crippen LogP) is 5.73. The molecule has 5 aliphatic heterocycles. The Kier molecular flexibility index (Phi) is 6.17. The van der Waals surface area contributed by atoms with Gasteiger partial charge in [0.25, 0.3) is 5.54 Å². The van der Waals surface area contributed by atoms with Gasteiger partial charge in [0.15, 0.2) is 24.0 Å². The molecule has 10 heteroatoms. The highest BCUT2D eigenvalue weighted by molar-refractivity contribution is 6.21. The summed E-state index contributed by atoms with van der Waals surface area (Å²) in [6, 6.07) is 28.4. The van der Waals surface area contributed by atoms with Gasteiger partial charge in [-0.25, -0.2) is 0 Å². The van der Waals surface area contributed by atoms with Crippen molar-refractivity contribution in [2.45, 2.75) is 92.8 Å². The van der Waals surface area contributed by atoms with Gasteiger partial charge in [-0.1, -0.05) is 84.9 Å². The summed E-state index contributed by atoms with van der Waals surface area (Å²) >= 11 is 0. The molecule has 0 amide bonds. The molecule has 1 spiro atoms. The first-order valence-electron chi connectivity index (χ1n) is 17.2. The van der Waals surface area contributed by atoms with Crippen molar-refractivity contribution in [3.8, 4) is 5.75 Å². The second-order valence-corrected chi connectivity index (χ2v) is 14.6. The van der Waals surface area contributed by atoms with Gasteiger partial charge in [-0.05, 0) is 54.7 Å². The van der Waals surface area contributed by atoms with Crippen LogP contribution in [0.4, 0.5) is 0 Å². The third-order valence-electron chi connectivity index (χ3n) is 11.9. The number of hydrogen-bond donors (Lipinski definition) is 0. The maximum absolute atomic E-state index is 15.3. The minimum Gasteiger partial charge on any atom is -0.480 e. The molecule has 4 saturated heterocycles. The number of benzene rings is 4. The number of fused-ring (bicyclic) bond motifs is 9. The van der Waals surface area contributed by atoms with Crippen LogP contribution in [0, 0.1) is 10.1 Å². The summed E-state index contributed by atoms with van der Waals surface area (Å²) in [4.78, 5) is 31.6. The van der Waals surface area contributed by atoms with Gasteiger partial charge in [-0.3, -0.25) is 19.8 Å². The van der Waals surface area contributed by atoms with E-state index in [-0.39, 0.29) is 17.3 Å². The summed E-state index contributed by atoms with van der Waals surface area (Å²) in [6.45, 7) is 4.43. The van der Waals surface area contributed by atoms with Crippen molar-refractivity contribution in [3.63, 3.8) is 0 Å². The molecule has 0 aromatic heterocycles. The summed E-state index contributed by atoms with van der Waals surface area (Å²) in [5, 5.41) is 16.1. The lowest BCUT2D eigenvalue weighted by atomic mass is 9.62. The highest BCUT2D eigenvalue weighted by atomic mass is 16.8. The molecule has 0 saturated carbocycles. The van der Waals surface area contributed by atoms with E-state index in [1.165, 1.54) is 0 Å². The highest BCUT2D eigenvalue weighted by Gasteiger charge is 2.85. The molecule has 10 rings (SSSR count). The van der Waals surface area contributed by atoms with Crippen LogP contribution in [-0.4, -0.2) is 70.2 Å². The number of Topliss-reactive ketones (excluding diaryl/α,β-unsaturated/α-hetero) is 1. The topological polar surface area (TPSA) is 110 Å². The van der Waals surface area contributed by atoms with Crippen LogP contribution in [-0.2, 0) is 31.1 Å². The van der Waals surface area contributed by atoms with E-state index < -0.39 is 59.5 Å². The first-order chi connectivity index (χ1) is 23.8. The zero-order valence-corrected chi connectivity index (χ0v) is 27.2. The van der Waals surface area contributed by atoms with Crippen molar-refractivity contribution >= 4 is 16.6 Å². The average Bonchev–Trinajstić information content (AvgIpc) is 3.88. The fourth-order valence-electron chi connectivity index (χ4n) is 10.4. The van der Waals surface area contributed by atoms with Crippen LogP contribution < -0.4 is 4.74 Å². The molecule has 0 radical (unpaired) electrons. The minimum atomic E-state index is -1.78. The first kappa shape index (κ1) is 29.7. The molecule has 0 N–H and O–H groups in total. The molecular formula is C39H36N2O8. The third kappa shape index (κ3) is 3.70. The van der Waals surface area contributed by atoms with Crippen molar-refractivity contribution in [2.75, 3.05) is 6.54 Å². The van der Waals surface area contributed by atoms with Gasteiger partial charge in [-0.15, -0.1) is 0 Å². The Bertz CT molecular complexity index is 2030. The SMILES string of the molecule is CC1(C)O[C@@H]2O[C@@H]([C@H]3Oc4ccccc4[C@H]4[C@]3([N+](=O)[O-])C3CCCN3[C@@]43C(=O)c4cccc5cccc3c45)[C@@H](OCc3ccccc3)[C@@H]2O1. The third-order valence-corrected chi connectivity index (χ3v) is 11.9. The summed E-state index contributed by atoms with van der Waals surface area (Å²) in [5.41, 5.74) is -0.0353. The van der Waals surface area contributed by atoms with Gasteiger partial charge in [-0.2, -0.15) is 0 Å². The molecule has 1 unspecified atom stereocenters. The van der Waals surface area contributed by atoms with Crippen molar-refractivity contribution in [2.24, 2.45) is 0 Å². The van der Waals surface area contributed by atoms with E-state index in [4.69, 9.17) is 23.7 Å². The number of rotatable bonds is 5. The smallest absolute Gasteiger partial charge is 0.285 e. The van der Waals surface area contributed by atoms with Gasteiger partial charge < -0.3 is 23.7 Å². The second kappa shape index (κ2) is 10.2. The normalized spacial score (nSPS) is 36.4. The van der Waals surface area contributed by atoms with E-state index in [1.54, 1.807) is 0 Å². The molecule has 10 nitrogen and oxygen atoms in total. The Morgan fingerprint density at radius 1 is 0.939 bits per heavy atom. The van der Waals surface area contributed by atoms with E-state index >= 15 is 4.79 Å². The van der Waals surface area contributed by atoms with Crippen molar-refractivity contribution < 1.29 is 33.4 Å². The van der Waals surface area contributed by atoms with Crippen LogP contribution in [0.3, 0.4) is 0 Å². The number of carbonyl (C=O) groups is 1. The molecule has 4 fully saturated rings. The molecule has 49 heavy (non-hydrogen) atoms. The summed E-state index contributed by atoms with van der Waals surface area (Å²) < 4.78 is 32.9. The van der Waals surface area contributed by atoms with E-state index in [2.05, 4.69) is 4.90 Å². The standard InChI is InChI=1S/C39H36N2O8/c1-37(2)48-32-30(45-21-22-11-4-3-5-12-22)31(47-36(32)49-37)35-39(41(43)44)28-19-10-20-40(28)38(33(39)24-15-6-7-18-27(24)46-35)26-17-9-14-23-13-8-16-25(29(23)26)34(38)42/h3-9,11-18,28,30-33,35-36H,10,19-21H2,1-2H3/t28?,30-,31-,32+,33-,35-,36+,38-,39-/m1/s1. The van der Waals surface area contributed by atoms with Gasteiger partial charge in [0.2, 0.25) is 0 Å². The van der Waals surface area contributed by atoms with E-state index in [1.807, 2.05) is 105 Å². The van der Waals surface area contributed by atoms with Gasteiger partial charge in [0, 0.05) is 22.6 Å². The lowest BCUT2D eigenvalue weighted by Gasteiger charge is -2.46. The number of carbonyl (C=O) groups excluding carboxylic acids is 1. The highest BCUT2D eigenvalue weighted by Crippen LogP contribution is 2.69. The molecule has 6 aliphatic rings. The monoisotopic (exact) mass is 660 g/mol. The molecule has 5 heterocycles. The Hall–Kier alpha value is -4.19. The van der Waals surface area contributed by atoms with Crippen molar-refractivity contribution in [3.05, 3.63) is 123 Å². The number of nitro groups is 1. The molecule has 0 bridgehead atoms. The van der Waals surface area contributed by atoms with Gasteiger partial charge in [0.05, 0.1) is 18.6 Å². The molecule has 4 aromatic carbocycles. The number of nitrogens with zero attached hydrogens (tertiary/aromatic N) is 2. The Morgan fingerprint density at radius 3 is 2.53 bits per heavy atom. The molecule has 1 aliphatic carbocycles. The fourth-order valence-corrected chi connectivity index (χ4v) is 10.4. The zero-order chi connectivity index (χ0) is 33.3. The molecule has 250 valence electrons. The zero-order valence-electron chi connectivity index (χ0n) is 27.2. The number of ketones is 1. The number of ether oxygens (including phenoxy) is 5. The van der Waals surface area contributed by atoms with E-state index in [9.17, 15) is 10.1 Å². The second-order valence-electron chi connectivity index (χ2n) is 14.6. The lowest BCUT2D eigenvalue weighted by Crippen LogP contribution is -2.68. The Morgan fingerprint density at radius 2 is 1.71 bits per heavy atom. The lowest BCUT2D eigenvalue weighted by molar-refractivity contribution is -0.593. The van der Waals surface area contributed by atoms with E-state index in [0.29, 0.717) is 36.3 Å². The Balaban J connectivity index is 1.19. The Labute approximate surface area is 283 Å². The predicted molar refractivity (Wildman–Crippen MR) is 177 cm³/mol. The average molecular weight is 661 g/mol. The largest absolute Gasteiger partial charge is 0.480 e. The summed E-state index contributed by atoms with van der Waals surface area (Å²) in [6.07, 6.45) is -3.04. The van der Waals surface area contributed by atoms with Crippen LogP contribution in [0.1, 0.15) is 59.7 Å². The molecule has 9 atom stereocenters. The van der Waals surface area contributed by atoms with Crippen LogP contribution in [0.2, 0.25) is 0 Å². The number of hydrogen-bond acceptors (Lipinski definition) is 9. The van der Waals surface area contributed by atoms with Crippen molar-refractivity contribution in [1.29, 1.82) is 0 Å². The summed E-state index contributed by atoms with van der Waals surface area (Å²) in [7, 11) is 0. The summed E-state index contributed by atoms with van der Waals surface area (Å²) in [5.74, 6) is -1.39. The minimum absolute atomic E-state index is 0.0927. The van der Waals surface area contributed by atoms with E-state index in [0.717, 1.165) is 21.9 Å². The number of para-hydroxylation sites is 1. The van der Waals surface area contributed by atoms with Gasteiger partial charge in [0.1, 0.15) is 29.6 Å². The van der Waals surface area contributed by atoms with Crippen LogP contribution >= 0.6 is 0 Å². The van der Waals surface area contributed by atoms with Crippen LogP contribution in [0.25, 0.3) is 10.8 Å².